The van der Waals surface area contributed by atoms with Crippen LogP contribution in [0, 0.1) is 5.92 Å². The molecule has 17 heavy (non-hydrogen) atoms. The van der Waals surface area contributed by atoms with Gasteiger partial charge in [0.2, 0.25) is 0 Å². The molecule has 3 unspecified atom stereocenters. The van der Waals surface area contributed by atoms with Crippen molar-refractivity contribution >= 4 is 0 Å². The predicted octanol–water partition coefficient (Wildman–Crippen LogP) is 3.06. The van der Waals surface area contributed by atoms with E-state index in [9.17, 15) is 0 Å². The standard InChI is InChI=1S/C15H23NO/c1-3-4-12-5-7-13(8-6-12)15(16)14-9-10-17-11(14)2/h5-8,11,14-15H,3-4,9-10,16H2,1-2H3. The van der Waals surface area contributed by atoms with Crippen LogP contribution in [0.25, 0.3) is 0 Å². The van der Waals surface area contributed by atoms with Crippen molar-refractivity contribution in [3.63, 3.8) is 0 Å². The van der Waals surface area contributed by atoms with Gasteiger partial charge in [-0.3, -0.25) is 0 Å². The molecule has 0 aliphatic carbocycles. The summed E-state index contributed by atoms with van der Waals surface area (Å²) in [6, 6.07) is 8.89. The molecule has 2 nitrogen and oxygen atoms in total. The van der Waals surface area contributed by atoms with Crippen LogP contribution in [-0.4, -0.2) is 12.7 Å². The Labute approximate surface area is 104 Å². The van der Waals surface area contributed by atoms with Crippen molar-refractivity contribution in [3.05, 3.63) is 35.4 Å². The van der Waals surface area contributed by atoms with E-state index in [4.69, 9.17) is 10.5 Å². The van der Waals surface area contributed by atoms with Gasteiger partial charge < -0.3 is 10.5 Å². The fourth-order valence-electron chi connectivity index (χ4n) is 2.66. The monoisotopic (exact) mass is 233 g/mol. The van der Waals surface area contributed by atoms with Crippen LogP contribution in [0.3, 0.4) is 0 Å². The summed E-state index contributed by atoms with van der Waals surface area (Å²) in [7, 11) is 0. The highest BCUT2D eigenvalue weighted by atomic mass is 16.5. The van der Waals surface area contributed by atoms with Crippen LogP contribution in [0.4, 0.5) is 0 Å². The summed E-state index contributed by atoms with van der Waals surface area (Å²) in [5, 5.41) is 0. The minimum atomic E-state index is 0.114. The van der Waals surface area contributed by atoms with Gasteiger partial charge in [-0.25, -0.2) is 0 Å². The minimum absolute atomic E-state index is 0.114. The maximum absolute atomic E-state index is 6.33. The number of hydrogen-bond acceptors (Lipinski definition) is 2. The molecule has 0 aromatic heterocycles. The van der Waals surface area contributed by atoms with Crippen molar-refractivity contribution in [2.75, 3.05) is 6.61 Å². The molecule has 1 aromatic rings. The smallest absolute Gasteiger partial charge is 0.0594 e. The number of nitrogens with two attached hydrogens (primary N) is 1. The van der Waals surface area contributed by atoms with Crippen LogP contribution in [0.15, 0.2) is 24.3 Å². The van der Waals surface area contributed by atoms with Crippen LogP contribution in [0.5, 0.6) is 0 Å². The van der Waals surface area contributed by atoms with Gasteiger partial charge in [0.15, 0.2) is 0 Å². The molecule has 0 radical (unpaired) electrons. The molecule has 1 heterocycles. The van der Waals surface area contributed by atoms with Crippen LogP contribution in [0.2, 0.25) is 0 Å². The molecule has 3 atom stereocenters. The average Bonchev–Trinajstić information content (AvgIpc) is 2.76. The van der Waals surface area contributed by atoms with Crippen molar-refractivity contribution in [2.45, 2.75) is 45.3 Å². The summed E-state index contributed by atoms with van der Waals surface area (Å²) in [5.41, 5.74) is 8.98. The van der Waals surface area contributed by atoms with E-state index in [1.807, 2.05) is 0 Å². The lowest BCUT2D eigenvalue weighted by Crippen LogP contribution is -2.26. The van der Waals surface area contributed by atoms with E-state index < -0.39 is 0 Å². The summed E-state index contributed by atoms with van der Waals surface area (Å²) >= 11 is 0. The van der Waals surface area contributed by atoms with Crippen molar-refractivity contribution in [1.29, 1.82) is 0 Å². The molecule has 0 amide bonds. The van der Waals surface area contributed by atoms with E-state index in [1.165, 1.54) is 17.5 Å². The molecule has 1 saturated heterocycles. The maximum Gasteiger partial charge on any atom is 0.0594 e. The average molecular weight is 233 g/mol. The highest BCUT2D eigenvalue weighted by Gasteiger charge is 2.30. The molecule has 1 aromatic carbocycles. The van der Waals surface area contributed by atoms with Crippen LogP contribution in [0.1, 0.15) is 43.9 Å². The predicted molar refractivity (Wildman–Crippen MR) is 70.9 cm³/mol. The second kappa shape index (κ2) is 5.65. The molecule has 2 heteroatoms. The number of ether oxygens (including phenoxy) is 1. The summed E-state index contributed by atoms with van der Waals surface area (Å²) in [5.74, 6) is 0.465. The molecule has 1 fully saturated rings. The van der Waals surface area contributed by atoms with Gasteiger partial charge in [0, 0.05) is 18.6 Å². The second-order valence-electron chi connectivity index (χ2n) is 5.05. The first-order chi connectivity index (χ1) is 8.22. The zero-order valence-electron chi connectivity index (χ0n) is 10.9. The molecular weight excluding hydrogens is 210 g/mol. The third-order valence-electron chi connectivity index (χ3n) is 3.80. The number of hydrogen-bond donors (Lipinski definition) is 1. The van der Waals surface area contributed by atoms with Gasteiger partial charge in [-0.2, -0.15) is 0 Å². The first-order valence-corrected chi connectivity index (χ1v) is 6.68. The molecular formula is C15H23NO. The van der Waals surface area contributed by atoms with Gasteiger partial charge in [0.1, 0.15) is 0 Å². The van der Waals surface area contributed by atoms with Gasteiger partial charge in [-0.15, -0.1) is 0 Å². The summed E-state index contributed by atoms with van der Waals surface area (Å²) in [6.45, 7) is 5.19. The third kappa shape index (κ3) is 2.88. The highest BCUT2D eigenvalue weighted by Crippen LogP contribution is 2.31. The molecule has 2 N–H and O–H groups in total. The molecule has 1 aliphatic heterocycles. The van der Waals surface area contributed by atoms with E-state index in [0.29, 0.717) is 12.0 Å². The van der Waals surface area contributed by atoms with Gasteiger partial charge in [-0.05, 0) is 30.9 Å². The first-order valence-electron chi connectivity index (χ1n) is 6.68. The minimum Gasteiger partial charge on any atom is -0.378 e. The summed E-state index contributed by atoms with van der Waals surface area (Å²) in [6.07, 6.45) is 3.72. The second-order valence-corrected chi connectivity index (χ2v) is 5.05. The lowest BCUT2D eigenvalue weighted by atomic mass is 9.88. The lowest BCUT2D eigenvalue weighted by Gasteiger charge is -2.22. The fourth-order valence-corrected chi connectivity index (χ4v) is 2.66. The molecule has 94 valence electrons. The van der Waals surface area contributed by atoms with Gasteiger partial charge >= 0.3 is 0 Å². The Balaban J connectivity index is 2.05. The topological polar surface area (TPSA) is 35.2 Å². The molecule has 2 rings (SSSR count). The number of rotatable bonds is 4. The van der Waals surface area contributed by atoms with Crippen LogP contribution >= 0.6 is 0 Å². The Bertz CT molecular complexity index is 346. The van der Waals surface area contributed by atoms with Crippen molar-refractivity contribution in [3.8, 4) is 0 Å². The zero-order valence-corrected chi connectivity index (χ0v) is 10.9. The molecule has 0 spiro atoms. The zero-order chi connectivity index (χ0) is 12.3. The Kier molecular flexibility index (Phi) is 4.19. The van der Waals surface area contributed by atoms with E-state index in [-0.39, 0.29) is 6.04 Å². The van der Waals surface area contributed by atoms with Crippen molar-refractivity contribution in [2.24, 2.45) is 11.7 Å². The quantitative estimate of drug-likeness (QED) is 0.867. The van der Waals surface area contributed by atoms with Crippen LogP contribution in [-0.2, 0) is 11.2 Å². The molecule has 1 aliphatic rings. The first kappa shape index (κ1) is 12.6. The Hall–Kier alpha value is -0.860. The number of benzene rings is 1. The van der Waals surface area contributed by atoms with Gasteiger partial charge in [0.05, 0.1) is 6.10 Å². The van der Waals surface area contributed by atoms with E-state index in [1.54, 1.807) is 0 Å². The third-order valence-corrected chi connectivity index (χ3v) is 3.80. The van der Waals surface area contributed by atoms with E-state index >= 15 is 0 Å². The number of aryl methyl sites for hydroxylation is 1. The highest BCUT2D eigenvalue weighted by molar-refractivity contribution is 5.25. The van der Waals surface area contributed by atoms with Gasteiger partial charge in [0.25, 0.3) is 0 Å². The summed E-state index contributed by atoms with van der Waals surface area (Å²) in [4.78, 5) is 0. The SMILES string of the molecule is CCCc1ccc(C(N)C2CCOC2C)cc1. The molecule has 0 saturated carbocycles. The van der Waals surface area contributed by atoms with E-state index in [0.717, 1.165) is 19.4 Å². The Morgan fingerprint density at radius 1 is 1.35 bits per heavy atom. The Morgan fingerprint density at radius 3 is 2.59 bits per heavy atom. The van der Waals surface area contributed by atoms with Crippen LogP contribution < -0.4 is 5.73 Å². The molecule has 0 bridgehead atoms. The van der Waals surface area contributed by atoms with Crippen molar-refractivity contribution < 1.29 is 4.74 Å². The summed E-state index contributed by atoms with van der Waals surface area (Å²) < 4.78 is 5.59. The largest absolute Gasteiger partial charge is 0.378 e. The Morgan fingerprint density at radius 2 is 2.06 bits per heavy atom. The normalized spacial score (nSPS) is 26.1. The maximum atomic E-state index is 6.33. The van der Waals surface area contributed by atoms with Crippen molar-refractivity contribution in [1.82, 2.24) is 0 Å². The lowest BCUT2D eigenvalue weighted by molar-refractivity contribution is 0.0995. The van der Waals surface area contributed by atoms with E-state index in [2.05, 4.69) is 38.1 Å². The van der Waals surface area contributed by atoms with Gasteiger partial charge in [-0.1, -0.05) is 37.6 Å². The fraction of sp³-hybridized carbons (Fsp3) is 0.600.